The molecule has 4 aromatic rings. The zero-order valence-electron chi connectivity index (χ0n) is 23.3. The van der Waals surface area contributed by atoms with Crippen LogP contribution < -0.4 is 16.1 Å². The molecule has 40 heavy (non-hydrogen) atoms. The summed E-state index contributed by atoms with van der Waals surface area (Å²) in [5.41, 5.74) is 7.60. The van der Waals surface area contributed by atoms with E-state index in [1.807, 2.05) is 36.4 Å². The maximum Gasteiger partial charge on any atom is 0.302 e. The molecule has 0 spiro atoms. The average molecular weight is 558 g/mol. The number of hydrogen-bond acceptors (Lipinski definition) is 8. The SMILES string of the molecule is C=Cc1nc(N)nc2c1ncn2[C@H]1C[C@H](OC(C)=O)[C@@H](CO[Si](c2ccccc2)(c2ccccc2)C(C)(C)C)O1. The fraction of sp³-hybridized carbons (Fsp3) is 0.333. The van der Waals surface area contributed by atoms with E-state index in [4.69, 9.17) is 19.6 Å². The molecule has 3 heterocycles. The molecule has 0 aliphatic carbocycles. The fourth-order valence-corrected chi connectivity index (χ4v) is 10.2. The van der Waals surface area contributed by atoms with Gasteiger partial charge in [0.1, 0.15) is 24.0 Å². The number of nitrogens with two attached hydrogens (primary N) is 1. The summed E-state index contributed by atoms with van der Waals surface area (Å²) in [6.45, 7) is 12.1. The minimum Gasteiger partial charge on any atom is -0.460 e. The van der Waals surface area contributed by atoms with E-state index in [9.17, 15) is 4.79 Å². The molecule has 0 saturated carbocycles. The number of esters is 1. The Morgan fingerprint density at radius 2 is 1.75 bits per heavy atom. The Morgan fingerprint density at radius 1 is 1.12 bits per heavy atom. The van der Waals surface area contributed by atoms with Crippen molar-refractivity contribution in [1.29, 1.82) is 0 Å². The summed E-state index contributed by atoms with van der Waals surface area (Å²) in [5.74, 6) is -0.258. The lowest BCUT2D eigenvalue weighted by molar-refractivity contribution is -0.150. The first-order chi connectivity index (χ1) is 19.1. The molecule has 3 atom stereocenters. The number of carbonyl (C=O) groups excluding carboxylic acids is 1. The second-order valence-electron chi connectivity index (χ2n) is 11.0. The number of rotatable bonds is 8. The van der Waals surface area contributed by atoms with Gasteiger partial charge in [-0.05, 0) is 21.5 Å². The first-order valence-electron chi connectivity index (χ1n) is 13.3. The average Bonchev–Trinajstić information content (AvgIpc) is 3.52. The van der Waals surface area contributed by atoms with Crippen LogP contribution in [-0.2, 0) is 18.7 Å². The van der Waals surface area contributed by atoms with Gasteiger partial charge in [0.2, 0.25) is 5.95 Å². The van der Waals surface area contributed by atoms with Crippen LogP contribution >= 0.6 is 0 Å². The van der Waals surface area contributed by atoms with Crippen molar-refractivity contribution in [2.24, 2.45) is 0 Å². The molecule has 5 rings (SSSR count). The standard InChI is InChI=1S/C30H35N5O4Si/c1-6-23-27-28(34-29(31)33-23)35(19-32-27)26-17-24(38-20(2)36)25(39-26)18-37-40(30(3,4)5,21-13-9-7-10-14-21)22-15-11-8-12-16-22/h6-16,19,24-26H,1,17-18H2,2-5H3,(H2,31,33,34)/t24-,25+,26+/m0/s1. The molecule has 9 nitrogen and oxygen atoms in total. The Morgan fingerprint density at radius 3 is 2.30 bits per heavy atom. The van der Waals surface area contributed by atoms with E-state index in [2.05, 4.69) is 66.6 Å². The van der Waals surface area contributed by atoms with Crippen molar-refractivity contribution in [3.63, 3.8) is 0 Å². The van der Waals surface area contributed by atoms with E-state index in [0.29, 0.717) is 23.3 Å². The molecule has 1 saturated heterocycles. The lowest BCUT2D eigenvalue weighted by atomic mass is 10.2. The zero-order valence-corrected chi connectivity index (χ0v) is 24.3. The number of nitrogen functional groups attached to an aromatic ring is 1. The molecule has 0 radical (unpaired) electrons. The largest absolute Gasteiger partial charge is 0.460 e. The maximum absolute atomic E-state index is 12.1. The number of anilines is 1. The monoisotopic (exact) mass is 557 g/mol. The minimum atomic E-state index is -2.83. The van der Waals surface area contributed by atoms with Gasteiger partial charge in [0.15, 0.2) is 5.65 Å². The van der Waals surface area contributed by atoms with Crippen LogP contribution in [0.25, 0.3) is 17.2 Å². The number of ether oxygens (including phenoxy) is 2. The van der Waals surface area contributed by atoms with Crippen molar-refractivity contribution in [3.05, 3.63) is 79.3 Å². The van der Waals surface area contributed by atoms with Gasteiger partial charge in [-0.25, -0.2) is 9.97 Å². The summed E-state index contributed by atoms with van der Waals surface area (Å²) in [5, 5.41) is 2.12. The molecule has 2 aromatic heterocycles. The van der Waals surface area contributed by atoms with Crippen LogP contribution in [0.5, 0.6) is 0 Å². The van der Waals surface area contributed by atoms with Crippen LogP contribution in [0.4, 0.5) is 5.95 Å². The molecule has 0 bridgehead atoms. The van der Waals surface area contributed by atoms with Crippen molar-refractivity contribution in [1.82, 2.24) is 19.5 Å². The van der Waals surface area contributed by atoms with Gasteiger partial charge < -0.3 is 19.6 Å². The number of hydrogen-bond donors (Lipinski definition) is 1. The topological polar surface area (TPSA) is 114 Å². The van der Waals surface area contributed by atoms with Crippen molar-refractivity contribution in [3.8, 4) is 0 Å². The quantitative estimate of drug-likeness (QED) is 0.257. The summed E-state index contributed by atoms with van der Waals surface area (Å²) in [4.78, 5) is 25.2. The molecular weight excluding hydrogens is 522 g/mol. The highest BCUT2D eigenvalue weighted by molar-refractivity contribution is 6.99. The van der Waals surface area contributed by atoms with Gasteiger partial charge in [0.25, 0.3) is 8.32 Å². The highest BCUT2D eigenvalue weighted by Gasteiger charge is 2.51. The van der Waals surface area contributed by atoms with Gasteiger partial charge in [0, 0.05) is 13.3 Å². The van der Waals surface area contributed by atoms with Crippen LogP contribution in [0.15, 0.2) is 73.6 Å². The van der Waals surface area contributed by atoms with E-state index >= 15 is 0 Å². The maximum atomic E-state index is 12.1. The number of aromatic nitrogens is 4. The molecule has 2 N–H and O–H groups in total. The van der Waals surface area contributed by atoms with E-state index in [1.165, 1.54) is 6.92 Å². The van der Waals surface area contributed by atoms with Gasteiger partial charge in [-0.15, -0.1) is 0 Å². The number of benzene rings is 2. The molecule has 0 unspecified atom stereocenters. The van der Waals surface area contributed by atoms with Gasteiger partial charge in [0.05, 0.1) is 18.6 Å². The Labute approximate surface area is 235 Å². The predicted octanol–water partition coefficient (Wildman–Crippen LogP) is 3.85. The predicted molar refractivity (Wildman–Crippen MR) is 157 cm³/mol. The third-order valence-electron chi connectivity index (χ3n) is 7.35. The van der Waals surface area contributed by atoms with Crippen LogP contribution in [0.2, 0.25) is 5.04 Å². The van der Waals surface area contributed by atoms with Crippen LogP contribution in [0.1, 0.15) is 46.0 Å². The summed E-state index contributed by atoms with van der Waals surface area (Å²) >= 11 is 0. The molecule has 1 aliphatic rings. The third-order valence-corrected chi connectivity index (χ3v) is 12.4. The zero-order chi connectivity index (χ0) is 28.5. The van der Waals surface area contributed by atoms with Crippen molar-refractivity contribution < 1.29 is 18.7 Å². The second kappa shape index (κ2) is 11.0. The van der Waals surface area contributed by atoms with E-state index in [1.54, 1.807) is 17.0 Å². The van der Waals surface area contributed by atoms with Crippen LogP contribution in [-0.4, -0.2) is 52.6 Å². The van der Waals surface area contributed by atoms with Gasteiger partial charge in [-0.2, -0.15) is 4.98 Å². The first-order valence-corrected chi connectivity index (χ1v) is 15.2. The van der Waals surface area contributed by atoms with Crippen LogP contribution in [0, 0.1) is 0 Å². The van der Waals surface area contributed by atoms with Gasteiger partial charge in [-0.1, -0.05) is 88.0 Å². The second-order valence-corrected chi connectivity index (χ2v) is 15.3. The van der Waals surface area contributed by atoms with E-state index in [0.717, 1.165) is 10.4 Å². The molecular formula is C30H35N5O4Si. The molecule has 10 heteroatoms. The van der Waals surface area contributed by atoms with Crippen molar-refractivity contribution >= 4 is 47.8 Å². The Hall–Kier alpha value is -3.86. The highest BCUT2D eigenvalue weighted by atomic mass is 28.4. The number of carbonyl (C=O) groups is 1. The minimum absolute atomic E-state index is 0.116. The number of imidazole rings is 1. The molecule has 1 fully saturated rings. The lowest BCUT2D eigenvalue weighted by Crippen LogP contribution is -2.67. The molecule has 0 amide bonds. The van der Waals surface area contributed by atoms with Crippen molar-refractivity contribution in [2.75, 3.05) is 12.3 Å². The molecule has 1 aliphatic heterocycles. The molecule has 208 valence electrons. The van der Waals surface area contributed by atoms with Crippen molar-refractivity contribution in [2.45, 2.75) is 57.6 Å². The van der Waals surface area contributed by atoms with E-state index in [-0.39, 0.29) is 23.6 Å². The summed E-state index contributed by atoms with van der Waals surface area (Å²) in [6.07, 6.45) is 2.13. The first kappa shape index (κ1) is 27.7. The van der Waals surface area contributed by atoms with Gasteiger partial charge >= 0.3 is 5.97 Å². The smallest absolute Gasteiger partial charge is 0.302 e. The Kier molecular flexibility index (Phi) is 7.58. The Bertz CT molecular complexity index is 1460. The van der Waals surface area contributed by atoms with Crippen LogP contribution in [0.3, 0.4) is 0 Å². The van der Waals surface area contributed by atoms with E-state index < -0.39 is 26.8 Å². The molecule has 2 aromatic carbocycles. The Balaban J connectivity index is 1.51. The normalized spacial score (nSPS) is 19.6. The summed E-state index contributed by atoms with van der Waals surface area (Å²) in [6, 6.07) is 20.8. The number of fused-ring (bicyclic) bond motifs is 1. The summed E-state index contributed by atoms with van der Waals surface area (Å²) < 4.78 is 21.2. The van der Waals surface area contributed by atoms with Gasteiger partial charge in [-0.3, -0.25) is 9.36 Å². The lowest BCUT2D eigenvalue weighted by Gasteiger charge is -2.43. The number of nitrogens with zero attached hydrogens (tertiary/aromatic N) is 4. The highest BCUT2D eigenvalue weighted by Crippen LogP contribution is 2.39. The fourth-order valence-electron chi connectivity index (χ4n) is 5.64. The summed E-state index contributed by atoms with van der Waals surface area (Å²) in [7, 11) is -2.83. The third kappa shape index (κ3) is 5.05.